The monoisotopic (exact) mass is 472 g/mol. The van der Waals surface area contributed by atoms with E-state index in [-0.39, 0.29) is 24.5 Å². The van der Waals surface area contributed by atoms with E-state index in [0.717, 1.165) is 42.0 Å². The van der Waals surface area contributed by atoms with Gasteiger partial charge in [-0.15, -0.1) is 0 Å². The lowest BCUT2D eigenvalue weighted by molar-refractivity contribution is -0.142. The summed E-state index contributed by atoms with van der Waals surface area (Å²) in [6, 6.07) is 23.6. The third-order valence-electron chi connectivity index (χ3n) is 6.92. The van der Waals surface area contributed by atoms with Gasteiger partial charge < -0.3 is 15.0 Å². The molecule has 2 amide bonds. The summed E-state index contributed by atoms with van der Waals surface area (Å²) in [5.74, 6) is 0.463. The standard InChI is InChI=1S/C30H36N2O3/c1-2-27(30(34)31-25-16-7-4-8-17-25)32(21-20-23-12-5-3-6-13-23)29(33)22-35-28-19-11-15-24-14-9-10-18-26(24)28/h3,5-6,9-15,18-19,25,27H,2,4,7-8,16-17,20-22H2,1H3,(H,31,34)/t27-/m1/s1. The second kappa shape index (κ2) is 12.4. The van der Waals surface area contributed by atoms with E-state index in [2.05, 4.69) is 17.4 Å². The number of hydrogen-bond donors (Lipinski definition) is 1. The Kier molecular flexibility index (Phi) is 8.77. The highest BCUT2D eigenvalue weighted by molar-refractivity contribution is 5.90. The van der Waals surface area contributed by atoms with E-state index in [0.29, 0.717) is 25.1 Å². The van der Waals surface area contributed by atoms with Crippen molar-refractivity contribution in [3.63, 3.8) is 0 Å². The molecule has 4 rings (SSSR count). The van der Waals surface area contributed by atoms with Crippen molar-refractivity contribution in [1.82, 2.24) is 10.2 Å². The lowest BCUT2D eigenvalue weighted by Crippen LogP contribution is -2.53. The van der Waals surface area contributed by atoms with Gasteiger partial charge in [0.1, 0.15) is 11.8 Å². The van der Waals surface area contributed by atoms with Crippen molar-refractivity contribution in [3.8, 4) is 5.75 Å². The first kappa shape index (κ1) is 24.8. The van der Waals surface area contributed by atoms with Crippen LogP contribution in [0.5, 0.6) is 5.75 Å². The zero-order valence-corrected chi connectivity index (χ0v) is 20.6. The highest BCUT2D eigenvalue weighted by Crippen LogP contribution is 2.25. The van der Waals surface area contributed by atoms with Gasteiger partial charge in [-0.1, -0.05) is 92.9 Å². The maximum atomic E-state index is 13.5. The van der Waals surface area contributed by atoms with Gasteiger partial charge >= 0.3 is 0 Å². The summed E-state index contributed by atoms with van der Waals surface area (Å²) < 4.78 is 6.02. The minimum atomic E-state index is -0.510. The number of nitrogens with one attached hydrogen (secondary N) is 1. The van der Waals surface area contributed by atoms with E-state index >= 15 is 0 Å². The van der Waals surface area contributed by atoms with Crippen LogP contribution in [-0.2, 0) is 16.0 Å². The lowest BCUT2D eigenvalue weighted by Gasteiger charge is -2.32. The fourth-order valence-electron chi connectivity index (χ4n) is 4.98. The zero-order chi connectivity index (χ0) is 24.5. The van der Waals surface area contributed by atoms with Crippen molar-refractivity contribution < 1.29 is 14.3 Å². The fraction of sp³-hybridized carbons (Fsp3) is 0.400. The minimum absolute atomic E-state index is 0.0500. The molecule has 3 aromatic carbocycles. The SMILES string of the molecule is CC[C@H](C(=O)NC1CCCCC1)N(CCc1ccccc1)C(=O)COc1cccc2ccccc12. The Morgan fingerprint density at radius 2 is 1.66 bits per heavy atom. The third kappa shape index (κ3) is 6.62. The first-order valence-electron chi connectivity index (χ1n) is 12.9. The Labute approximate surface area is 208 Å². The molecule has 35 heavy (non-hydrogen) atoms. The molecule has 3 aromatic rings. The lowest BCUT2D eigenvalue weighted by atomic mass is 9.95. The molecule has 0 aliphatic heterocycles. The van der Waals surface area contributed by atoms with Crippen molar-refractivity contribution in [2.75, 3.05) is 13.2 Å². The molecule has 0 aromatic heterocycles. The first-order valence-corrected chi connectivity index (χ1v) is 12.9. The number of hydrogen-bond acceptors (Lipinski definition) is 3. The van der Waals surface area contributed by atoms with Crippen molar-refractivity contribution in [2.45, 2.75) is 64.0 Å². The average Bonchev–Trinajstić information content (AvgIpc) is 2.90. The van der Waals surface area contributed by atoms with Crippen molar-refractivity contribution >= 4 is 22.6 Å². The van der Waals surface area contributed by atoms with Gasteiger partial charge in [-0.25, -0.2) is 0 Å². The van der Waals surface area contributed by atoms with Gasteiger partial charge in [0.05, 0.1) is 0 Å². The summed E-state index contributed by atoms with van der Waals surface area (Å²) in [6.07, 6.45) is 6.82. The molecule has 1 aliphatic carbocycles. The van der Waals surface area contributed by atoms with E-state index in [9.17, 15) is 9.59 Å². The molecular formula is C30H36N2O3. The number of ether oxygens (including phenoxy) is 1. The van der Waals surface area contributed by atoms with Crippen molar-refractivity contribution in [3.05, 3.63) is 78.4 Å². The number of rotatable bonds is 10. The predicted molar refractivity (Wildman–Crippen MR) is 140 cm³/mol. The molecule has 0 heterocycles. The average molecular weight is 473 g/mol. The second-order valence-corrected chi connectivity index (χ2v) is 9.36. The molecule has 1 aliphatic rings. The van der Waals surface area contributed by atoms with Gasteiger partial charge in [-0.05, 0) is 42.7 Å². The summed E-state index contributed by atoms with van der Waals surface area (Å²) in [5, 5.41) is 5.27. The fourth-order valence-corrected chi connectivity index (χ4v) is 4.98. The Balaban J connectivity index is 1.48. The minimum Gasteiger partial charge on any atom is -0.483 e. The van der Waals surface area contributed by atoms with Gasteiger partial charge in [0.15, 0.2) is 6.61 Å². The predicted octanol–water partition coefficient (Wildman–Crippen LogP) is 5.52. The quantitative estimate of drug-likeness (QED) is 0.423. The van der Waals surface area contributed by atoms with E-state index < -0.39 is 6.04 Å². The topological polar surface area (TPSA) is 58.6 Å². The summed E-state index contributed by atoms with van der Waals surface area (Å²) >= 11 is 0. The van der Waals surface area contributed by atoms with Gasteiger partial charge in [0.2, 0.25) is 5.91 Å². The number of fused-ring (bicyclic) bond motifs is 1. The van der Waals surface area contributed by atoms with Crippen molar-refractivity contribution in [1.29, 1.82) is 0 Å². The molecule has 1 N–H and O–H groups in total. The van der Waals surface area contributed by atoms with Crippen LogP contribution in [0, 0.1) is 0 Å². The number of benzene rings is 3. The largest absolute Gasteiger partial charge is 0.483 e. The highest BCUT2D eigenvalue weighted by atomic mass is 16.5. The summed E-state index contributed by atoms with van der Waals surface area (Å²) in [6.45, 7) is 2.34. The van der Waals surface area contributed by atoms with E-state index in [4.69, 9.17) is 4.74 Å². The molecule has 1 atom stereocenters. The Morgan fingerprint density at radius 3 is 2.43 bits per heavy atom. The van der Waals surface area contributed by atoms with E-state index in [1.807, 2.05) is 67.6 Å². The number of nitrogens with zero attached hydrogens (tertiary/aromatic N) is 1. The molecule has 0 saturated heterocycles. The van der Waals surface area contributed by atoms with Gasteiger partial charge in [0, 0.05) is 18.0 Å². The molecule has 5 heteroatoms. The Morgan fingerprint density at radius 1 is 0.943 bits per heavy atom. The van der Waals surface area contributed by atoms with Gasteiger partial charge in [-0.3, -0.25) is 9.59 Å². The maximum absolute atomic E-state index is 13.5. The van der Waals surface area contributed by atoms with Crippen LogP contribution in [0.4, 0.5) is 0 Å². The van der Waals surface area contributed by atoms with Crippen LogP contribution >= 0.6 is 0 Å². The number of carbonyl (C=O) groups is 2. The zero-order valence-electron chi connectivity index (χ0n) is 20.6. The molecule has 0 unspecified atom stereocenters. The van der Waals surface area contributed by atoms with E-state index in [1.54, 1.807) is 4.90 Å². The molecule has 1 saturated carbocycles. The van der Waals surface area contributed by atoms with Gasteiger partial charge in [0.25, 0.3) is 5.91 Å². The summed E-state index contributed by atoms with van der Waals surface area (Å²) in [5.41, 5.74) is 1.14. The highest BCUT2D eigenvalue weighted by Gasteiger charge is 2.30. The molecule has 0 spiro atoms. The second-order valence-electron chi connectivity index (χ2n) is 9.36. The molecule has 184 valence electrons. The maximum Gasteiger partial charge on any atom is 0.261 e. The van der Waals surface area contributed by atoms with Crippen molar-refractivity contribution in [2.24, 2.45) is 0 Å². The Hall–Kier alpha value is -3.34. The Bertz CT molecular complexity index is 1100. The normalized spacial score (nSPS) is 14.9. The van der Waals surface area contributed by atoms with Crippen LogP contribution in [0.15, 0.2) is 72.8 Å². The summed E-state index contributed by atoms with van der Waals surface area (Å²) in [4.78, 5) is 28.5. The number of amides is 2. The van der Waals surface area contributed by atoms with E-state index in [1.165, 1.54) is 6.42 Å². The van der Waals surface area contributed by atoms with Crippen LogP contribution in [0.25, 0.3) is 10.8 Å². The first-order chi connectivity index (χ1) is 17.2. The molecular weight excluding hydrogens is 436 g/mol. The summed E-state index contributed by atoms with van der Waals surface area (Å²) in [7, 11) is 0. The molecule has 5 nitrogen and oxygen atoms in total. The molecule has 1 fully saturated rings. The van der Waals surface area contributed by atoms with Crippen LogP contribution in [0.2, 0.25) is 0 Å². The van der Waals surface area contributed by atoms with Crippen LogP contribution < -0.4 is 10.1 Å². The van der Waals surface area contributed by atoms with Gasteiger partial charge in [-0.2, -0.15) is 0 Å². The smallest absolute Gasteiger partial charge is 0.261 e. The van der Waals surface area contributed by atoms with Crippen LogP contribution in [0.3, 0.4) is 0 Å². The molecule has 0 bridgehead atoms. The number of carbonyl (C=O) groups excluding carboxylic acids is 2. The third-order valence-corrected chi connectivity index (χ3v) is 6.92. The van der Waals surface area contributed by atoms with Crippen LogP contribution in [-0.4, -0.2) is 41.9 Å². The van der Waals surface area contributed by atoms with Crippen LogP contribution in [0.1, 0.15) is 51.0 Å². The molecule has 0 radical (unpaired) electrons.